The molecule has 1 rings (SSSR count). The molecule has 1 aliphatic heterocycles. The Kier molecular flexibility index (Phi) is 4.79. The van der Waals surface area contributed by atoms with Gasteiger partial charge in [-0.25, -0.2) is 9.59 Å². The van der Waals surface area contributed by atoms with Crippen molar-refractivity contribution >= 4 is 75.0 Å². The first-order valence-corrected chi connectivity index (χ1v) is 2.74. The third kappa shape index (κ3) is 3.11. The number of nitrogens with zero attached hydrogens (tertiary/aromatic N) is 1. The molecule has 0 bridgehead atoms. The van der Waals surface area contributed by atoms with Gasteiger partial charge in [-0.15, -0.1) is 0 Å². The first-order chi connectivity index (χ1) is 5.09. The number of amides is 3. The molecule has 0 saturated heterocycles. The number of imide groups is 1. The van der Waals surface area contributed by atoms with Gasteiger partial charge in [-0.1, -0.05) is 0 Å². The van der Waals surface area contributed by atoms with Crippen LogP contribution in [0.25, 0.3) is 0 Å². The van der Waals surface area contributed by atoms with Gasteiger partial charge in [0.2, 0.25) is 5.91 Å². The minimum atomic E-state index is -1.34. The average molecular weight is 195 g/mol. The van der Waals surface area contributed by atoms with E-state index in [0.29, 0.717) is 0 Å². The van der Waals surface area contributed by atoms with E-state index in [0.717, 1.165) is 0 Å². The van der Waals surface area contributed by atoms with E-state index < -0.39 is 23.6 Å². The Morgan fingerprint density at radius 2 is 2.08 bits per heavy atom. The summed E-state index contributed by atoms with van der Waals surface area (Å²) < 4.78 is 0. The molecule has 0 spiro atoms. The number of aliphatic carboxylic acids is 1. The quantitative estimate of drug-likeness (QED) is 0.512. The van der Waals surface area contributed by atoms with Crippen LogP contribution in [-0.4, -0.2) is 80.1 Å². The number of carbonyl (C=O) groups is 3. The van der Waals surface area contributed by atoms with Gasteiger partial charge >= 0.3 is 12.0 Å². The van der Waals surface area contributed by atoms with E-state index in [1.807, 2.05) is 5.32 Å². The van der Waals surface area contributed by atoms with Crippen LogP contribution < -0.4 is 5.32 Å². The third-order valence-electron chi connectivity index (χ3n) is 1.06. The summed E-state index contributed by atoms with van der Waals surface area (Å²) >= 11 is 0. The van der Waals surface area contributed by atoms with Crippen LogP contribution in [-0.2, 0) is 9.59 Å². The van der Waals surface area contributed by atoms with E-state index in [1.165, 1.54) is 0 Å². The normalized spacial score (nSPS) is 15.8. The topological polar surface area (TPSA) is 95.8 Å². The van der Waals surface area contributed by atoms with Crippen molar-refractivity contribution < 1.29 is 19.5 Å². The number of nitrogens with one attached hydrogen (secondary N) is 1. The van der Waals surface area contributed by atoms with Gasteiger partial charge in [0.1, 0.15) is 5.71 Å². The molecule has 0 unspecified atom stereocenters. The van der Waals surface area contributed by atoms with Crippen LogP contribution >= 0.6 is 0 Å². The van der Waals surface area contributed by atoms with Gasteiger partial charge in [-0.2, -0.15) is 4.99 Å². The van der Waals surface area contributed by atoms with E-state index in [-0.39, 0.29) is 57.8 Å². The molecule has 0 fully saturated rings. The molecule has 0 aromatic heterocycles. The van der Waals surface area contributed by atoms with Crippen molar-refractivity contribution in [2.75, 3.05) is 0 Å². The Labute approximate surface area is 110 Å². The van der Waals surface area contributed by atoms with Gasteiger partial charge in [-0.3, -0.25) is 10.1 Å². The fraction of sp³-hybridized carbons (Fsp3) is 0.200. The smallest absolute Gasteiger partial charge is 0.350 e. The van der Waals surface area contributed by atoms with Crippen molar-refractivity contribution in [2.45, 2.75) is 6.42 Å². The number of carboxylic acids is 1. The molecule has 0 atom stereocenters. The first kappa shape index (κ1) is 11.9. The minimum Gasteiger partial charge on any atom is -0.477 e. The number of carboxylic acid groups (broad SMARTS) is 1. The summed E-state index contributed by atoms with van der Waals surface area (Å²) in [5.74, 6) is -1.98. The second kappa shape index (κ2) is 4.82. The second-order valence-corrected chi connectivity index (χ2v) is 1.89. The van der Waals surface area contributed by atoms with Crippen molar-refractivity contribution in [1.82, 2.24) is 5.32 Å². The number of urea groups is 1. The van der Waals surface area contributed by atoms with Crippen LogP contribution in [0.3, 0.4) is 0 Å². The van der Waals surface area contributed by atoms with Gasteiger partial charge in [0.15, 0.2) is 0 Å². The molecule has 1 aliphatic rings. The average Bonchev–Trinajstić information content (AvgIpc) is 1.85. The van der Waals surface area contributed by atoms with E-state index in [2.05, 4.69) is 4.99 Å². The van der Waals surface area contributed by atoms with Crippen molar-refractivity contribution in [1.29, 1.82) is 0 Å². The Balaban J connectivity index is 0.00000121. The van der Waals surface area contributed by atoms with Crippen molar-refractivity contribution in [2.24, 2.45) is 4.99 Å². The van der Waals surface area contributed by atoms with Crippen LogP contribution in [0.2, 0.25) is 0 Å². The molecule has 1 heterocycles. The summed E-state index contributed by atoms with van der Waals surface area (Å²) in [5, 5.41) is 10.1. The zero-order valence-corrected chi connectivity index (χ0v) is 9.45. The van der Waals surface area contributed by atoms with Crippen molar-refractivity contribution in [3.05, 3.63) is 0 Å². The van der Waals surface area contributed by atoms with Crippen LogP contribution in [0.15, 0.2) is 4.99 Å². The SMILES string of the molecule is O=C1CC(C(=O)O)=NC(=O)N1.[K]. The molecule has 7 heteroatoms. The van der Waals surface area contributed by atoms with Gasteiger partial charge in [-0.05, 0) is 0 Å². The molecular formula is C5H4KN2O4. The zero-order chi connectivity index (χ0) is 8.43. The van der Waals surface area contributed by atoms with Crippen LogP contribution in [0.1, 0.15) is 6.42 Å². The van der Waals surface area contributed by atoms with E-state index in [9.17, 15) is 14.4 Å². The summed E-state index contributed by atoms with van der Waals surface area (Å²) in [6, 6.07) is -0.918. The Hall–Kier alpha value is -0.0836. The van der Waals surface area contributed by atoms with E-state index in [1.54, 1.807) is 0 Å². The summed E-state index contributed by atoms with van der Waals surface area (Å²) in [6.07, 6.45) is -0.346. The molecule has 0 aromatic carbocycles. The second-order valence-electron chi connectivity index (χ2n) is 1.89. The fourth-order valence-corrected chi connectivity index (χ4v) is 0.629. The number of hydrogen-bond acceptors (Lipinski definition) is 3. The standard InChI is InChI=1S/C5H4N2O4.K/c8-3-1-2(4(9)10)6-5(11)7-3;/h1H2,(H,9,10)(H,7,8,11);. The molecular weight excluding hydrogens is 191 g/mol. The van der Waals surface area contributed by atoms with Crippen LogP contribution in [0, 0.1) is 0 Å². The Morgan fingerprint density at radius 3 is 2.50 bits per heavy atom. The zero-order valence-electron chi connectivity index (χ0n) is 6.33. The Morgan fingerprint density at radius 1 is 1.50 bits per heavy atom. The van der Waals surface area contributed by atoms with E-state index >= 15 is 0 Å². The maximum absolute atomic E-state index is 10.5. The van der Waals surface area contributed by atoms with Gasteiger partial charge < -0.3 is 5.11 Å². The molecule has 0 aromatic rings. The number of aliphatic imine (C=N–C) groups is 1. The molecule has 59 valence electrons. The summed E-state index contributed by atoms with van der Waals surface area (Å²) in [4.78, 5) is 34.2. The van der Waals surface area contributed by atoms with Gasteiger partial charge in [0.25, 0.3) is 0 Å². The molecule has 6 nitrogen and oxygen atoms in total. The van der Waals surface area contributed by atoms with Crippen LogP contribution in [0.4, 0.5) is 4.79 Å². The maximum atomic E-state index is 10.5. The van der Waals surface area contributed by atoms with Gasteiger partial charge in [0.05, 0.1) is 6.42 Å². The fourth-order valence-electron chi connectivity index (χ4n) is 0.629. The largest absolute Gasteiger partial charge is 0.477 e. The molecule has 0 saturated carbocycles. The van der Waals surface area contributed by atoms with E-state index in [4.69, 9.17) is 5.11 Å². The molecule has 12 heavy (non-hydrogen) atoms. The van der Waals surface area contributed by atoms with Crippen molar-refractivity contribution in [3.63, 3.8) is 0 Å². The molecule has 1 radical (unpaired) electrons. The van der Waals surface area contributed by atoms with Crippen LogP contribution in [0.5, 0.6) is 0 Å². The number of rotatable bonds is 1. The third-order valence-corrected chi connectivity index (χ3v) is 1.06. The molecule has 2 N–H and O–H groups in total. The maximum Gasteiger partial charge on any atom is 0.350 e. The monoisotopic (exact) mass is 195 g/mol. The first-order valence-electron chi connectivity index (χ1n) is 2.74. The number of carbonyl (C=O) groups excluding carboxylic acids is 2. The summed E-state index contributed by atoms with van der Waals surface area (Å²) in [5.41, 5.74) is -0.418. The summed E-state index contributed by atoms with van der Waals surface area (Å²) in [6.45, 7) is 0. The number of hydrogen-bond donors (Lipinski definition) is 2. The van der Waals surface area contributed by atoms with Gasteiger partial charge in [0, 0.05) is 51.4 Å². The predicted octanol–water partition coefficient (Wildman–Crippen LogP) is -1.23. The molecule has 0 aliphatic carbocycles. The molecule has 3 amide bonds. The van der Waals surface area contributed by atoms with Crippen molar-refractivity contribution in [3.8, 4) is 0 Å². The predicted molar refractivity (Wildman–Crippen MR) is 39.0 cm³/mol. The summed E-state index contributed by atoms with van der Waals surface area (Å²) in [7, 11) is 0. The Bertz CT molecular complexity index is 273. The minimum absolute atomic E-state index is 0.